The van der Waals surface area contributed by atoms with Crippen LogP contribution in [0.15, 0.2) is 42.7 Å². The first-order valence-corrected chi connectivity index (χ1v) is 6.80. The Bertz CT molecular complexity index is 733. The standard InChI is InChI=1S/C15H15ClN4O2/c1-19(2)8-7-13(21)14-12(15(17)22)9-20(18-14)11-5-3-10(16)4-6-11/h3-9H,1-2H3,(H2,17,22)/b8-7+. The summed E-state index contributed by atoms with van der Waals surface area (Å²) in [5.41, 5.74) is 6.08. The molecule has 2 rings (SSSR count). The molecule has 2 N–H and O–H groups in total. The Labute approximate surface area is 132 Å². The molecule has 1 heterocycles. The minimum Gasteiger partial charge on any atom is -0.383 e. The molecule has 0 fully saturated rings. The van der Waals surface area contributed by atoms with Gasteiger partial charge in [0.1, 0.15) is 5.69 Å². The molecule has 0 aliphatic carbocycles. The van der Waals surface area contributed by atoms with E-state index in [1.807, 2.05) is 0 Å². The van der Waals surface area contributed by atoms with Crippen molar-refractivity contribution in [3.05, 3.63) is 59.0 Å². The van der Waals surface area contributed by atoms with Crippen molar-refractivity contribution in [3.8, 4) is 5.69 Å². The van der Waals surface area contributed by atoms with Crippen molar-refractivity contribution in [2.24, 2.45) is 5.73 Å². The number of allylic oxidation sites excluding steroid dienone is 1. The number of rotatable bonds is 5. The van der Waals surface area contributed by atoms with Crippen molar-refractivity contribution in [1.29, 1.82) is 0 Å². The smallest absolute Gasteiger partial charge is 0.252 e. The summed E-state index contributed by atoms with van der Waals surface area (Å²) in [4.78, 5) is 25.4. The van der Waals surface area contributed by atoms with Gasteiger partial charge in [0.15, 0.2) is 0 Å². The number of benzene rings is 1. The molecule has 1 amide bonds. The summed E-state index contributed by atoms with van der Waals surface area (Å²) in [5, 5.41) is 4.74. The molecule has 0 atom stereocenters. The van der Waals surface area contributed by atoms with Gasteiger partial charge in [0.25, 0.3) is 5.91 Å². The van der Waals surface area contributed by atoms with E-state index in [4.69, 9.17) is 17.3 Å². The van der Waals surface area contributed by atoms with Crippen molar-refractivity contribution < 1.29 is 9.59 Å². The molecule has 2 aromatic rings. The lowest BCUT2D eigenvalue weighted by Crippen LogP contribution is -2.14. The van der Waals surface area contributed by atoms with Crippen LogP contribution >= 0.6 is 11.6 Å². The van der Waals surface area contributed by atoms with E-state index in [1.54, 1.807) is 49.5 Å². The highest BCUT2D eigenvalue weighted by Crippen LogP contribution is 2.16. The SMILES string of the molecule is CN(C)/C=C/C(=O)c1nn(-c2ccc(Cl)cc2)cc1C(N)=O. The Morgan fingerprint density at radius 2 is 1.91 bits per heavy atom. The Hall–Kier alpha value is -2.60. The molecule has 6 nitrogen and oxygen atoms in total. The first-order valence-electron chi connectivity index (χ1n) is 6.43. The lowest BCUT2D eigenvalue weighted by atomic mass is 10.1. The summed E-state index contributed by atoms with van der Waals surface area (Å²) in [7, 11) is 3.57. The molecular weight excluding hydrogens is 304 g/mol. The van der Waals surface area contributed by atoms with Gasteiger partial charge in [-0.25, -0.2) is 4.68 Å². The first-order chi connectivity index (χ1) is 10.4. The Morgan fingerprint density at radius 1 is 1.27 bits per heavy atom. The van der Waals surface area contributed by atoms with Gasteiger partial charge in [0, 0.05) is 37.6 Å². The van der Waals surface area contributed by atoms with E-state index in [0.717, 1.165) is 0 Å². The highest BCUT2D eigenvalue weighted by molar-refractivity contribution is 6.30. The monoisotopic (exact) mass is 318 g/mol. The number of hydrogen-bond acceptors (Lipinski definition) is 4. The number of amides is 1. The zero-order chi connectivity index (χ0) is 16.3. The predicted octanol–water partition coefficient (Wildman–Crippen LogP) is 1.88. The van der Waals surface area contributed by atoms with Crippen LogP contribution in [0.1, 0.15) is 20.8 Å². The second-order valence-corrected chi connectivity index (χ2v) is 5.26. The van der Waals surface area contributed by atoms with E-state index in [1.165, 1.54) is 17.0 Å². The lowest BCUT2D eigenvalue weighted by molar-refractivity contribution is 0.0982. The molecule has 7 heteroatoms. The number of nitrogens with two attached hydrogens (primary N) is 1. The van der Waals surface area contributed by atoms with Crippen molar-refractivity contribution in [1.82, 2.24) is 14.7 Å². The molecule has 0 saturated heterocycles. The van der Waals surface area contributed by atoms with E-state index < -0.39 is 11.7 Å². The maximum absolute atomic E-state index is 12.2. The lowest BCUT2D eigenvalue weighted by Gasteiger charge is -2.02. The third-order valence-electron chi connectivity index (χ3n) is 2.83. The minimum absolute atomic E-state index is 0.0144. The van der Waals surface area contributed by atoms with Gasteiger partial charge < -0.3 is 10.6 Å². The average molecular weight is 319 g/mol. The molecular formula is C15H15ClN4O2. The third kappa shape index (κ3) is 3.53. The maximum Gasteiger partial charge on any atom is 0.252 e. The number of carbonyl (C=O) groups is 2. The summed E-state index contributed by atoms with van der Waals surface area (Å²) >= 11 is 5.84. The van der Waals surface area contributed by atoms with Crippen LogP contribution in [0.3, 0.4) is 0 Å². The molecule has 0 bridgehead atoms. The fraction of sp³-hybridized carbons (Fsp3) is 0.133. The quantitative estimate of drug-likeness (QED) is 0.674. The Balaban J connectivity index is 2.44. The fourth-order valence-electron chi connectivity index (χ4n) is 1.76. The summed E-state index contributed by atoms with van der Waals surface area (Å²) < 4.78 is 1.42. The Kier molecular flexibility index (Phi) is 4.62. The number of primary amides is 1. The van der Waals surface area contributed by atoms with Gasteiger partial charge in [0.05, 0.1) is 11.3 Å². The molecule has 1 aromatic heterocycles. The topological polar surface area (TPSA) is 81.2 Å². The van der Waals surface area contributed by atoms with Crippen LogP contribution < -0.4 is 5.73 Å². The van der Waals surface area contributed by atoms with Gasteiger partial charge in [-0.2, -0.15) is 5.10 Å². The van der Waals surface area contributed by atoms with E-state index in [9.17, 15) is 9.59 Å². The normalized spacial score (nSPS) is 10.9. The van der Waals surface area contributed by atoms with Crippen molar-refractivity contribution in [3.63, 3.8) is 0 Å². The number of aromatic nitrogens is 2. The molecule has 0 aliphatic heterocycles. The maximum atomic E-state index is 12.2. The molecule has 0 radical (unpaired) electrons. The molecule has 22 heavy (non-hydrogen) atoms. The predicted molar refractivity (Wildman–Crippen MR) is 84.2 cm³/mol. The largest absolute Gasteiger partial charge is 0.383 e. The highest BCUT2D eigenvalue weighted by atomic mass is 35.5. The van der Waals surface area contributed by atoms with E-state index >= 15 is 0 Å². The van der Waals surface area contributed by atoms with Gasteiger partial charge in [-0.05, 0) is 24.3 Å². The average Bonchev–Trinajstić information content (AvgIpc) is 2.91. The van der Waals surface area contributed by atoms with E-state index in [2.05, 4.69) is 5.10 Å². The first kappa shape index (κ1) is 15.8. The third-order valence-corrected chi connectivity index (χ3v) is 3.08. The van der Waals surface area contributed by atoms with Gasteiger partial charge in [-0.1, -0.05) is 11.6 Å². The summed E-state index contributed by atoms with van der Waals surface area (Å²) in [6.45, 7) is 0. The van der Waals surface area contributed by atoms with Crippen LogP contribution in [0, 0.1) is 0 Å². The van der Waals surface area contributed by atoms with E-state index in [0.29, 0.717) is 10.7 Å². The molecule has 0 unspecified atom stereocenters. The summed E-state index contributed by atoms with van der Waals surface area (Å²) in [6, 6.07) is 6.83. The highest BCUT2D eigenvalue weighted by Gasteiger charge is 2.19. The number of halogens is 1. The number of ketones is 1. The molecule has 1 aromatic carbocycles. The van der Waals surface area contributed by atoms with Crippen LogP contribution in [-0.4, -0.2) is 40.5 Å². The van der Waals surface area contributed by atoms with Crippen molar-refractivity contribution in [2.75, 3.05) is 14.1 Å². The van der Waals surface area contributed by atoms with Gasteiger partial charge in [-0.3, -0.25) is 9.59 Å². The zero-order valence-electron chi connectivity index (χ0n) is 12.2. The summed E-state index contributed by atoms with van der Waals surface area (Å²) in [6.07, 6.45) is 4.34. The van der Waals surface area contributed by atoms with Gasteiger partial charge >= 0.3 is 0 Å². The molecule has 0 spiro atoms. The van der Waals surface area contributed by atoms with Crippen LogP contribution in [0.2, 0.25) is 5.02 Å². The number of hydrogen-bond donors (Lipinski definition) is 1. The van der Waals surface area contributed by atoms with Crippen molar-refractivity contribution in [2.45, 2.75) is 0 Å². The van der Waals surface area contributed by atoms with Crippen LogP contribution in [0.4, 0.5) is 0 Å². The second kappa shape index (κ2) is 6.44. The molecule has 0 aliphatic rings. The van der Waals surface area contributed by atoms with E-state index in [-0.39, 0.29) is 11.3 Å². The number of carbonyl (C=O) groups excluding carboxylic acids is 2. The Morgan fingerprint density at radius 3 is 2.45 bits per heavy atom. The van der Waals surface area contributed by atoms with Gasteiger partial charge in [0.2, 0.25) is 5.78 Å². The fourth-order valence-corrected chi connectivity index (χ4v) is 1.88. The second-order valence-electron chi connectivity index (χ2n) is 4.82. The van der Waals surface area contributed by atoms with Crippen molar-refractivity contribution >= 4 is 23.3 Å². The molecule has 0 saturated carbocycles. The molecule has 114 valence electrons. The zero-order valence-corrected chi connectivity index (χ0v) is 12.9. The minimum atomic E-state index is -0.707. The van der Waals surface area contributed by atoms with Crippen LogP contribution in [-0.2, 0) is 0 Å². The van der Waals surface area contributed by atoms with Crippen LogP contribution in [0.5, 0.6) is 0 Å². The van der Waals surface area contributed by atoms with Gasteiger partial charge in [-0.15, -0.1) is 0 Å². The summed E-state index contributed by atoms with van der Waals surface area (Å²) in [5.74, 6) is -1.10. The van der Waals surface area contributed by atoms with Crippen LogP contribution in [0.25, 0.3) is 5.69 Å². The number of nitrogens with zero attached hydrogens (tertiary/aromatic N) is 3.